The lowest BCUT2D eigenvalue weighted by atomic mass is 9.99. The number of rotatable bonds is 4. The lowest BCUT2D eigenvalue weighted by Gasteiger charge is -2.29. The van der Waals surface area contributed by atoms with Gasteiger partial charge in [0.05, 0.1) is 0 Å². The highest BCUT2D eigenvalue weighted by Gasteiger charge is 2.45. The molecule has 1 aliphatic carbocycles. The van der Waals surface area contributed by atoms with Crippen molar-refractivity contribution in [2.24, 2.45) is 11.1 Å². The fourth-order valence-electron chi connectivity index (χ4n) is 1.94. The summed E-state index contributed by atoms with van der Waals surface area (Å²) in [6.07, 6.45) is 2.41. The maximum Gasteiger partial charge on any atom is 0.273 e. The molecular weight excluding hydrogens is 270 g/mol. The van der Waals surface area contributed by atoms with Gasteiger partial charge in [-0.25, -0.2) is 4.98 Å². The molecule has 0 saturated heterocycles. The van der Waals surface area contributed by atoms with Gasteiger partial charge in [0, 0.05) is 25.0 Å². The van der Waals surface area contributed by atoms with Crippen molar-refractivity contribution in [3.8, 4) is 0 Å². The molecule has 0 radical (unpaired) electrons. The normalized spacial score (nSPS) is 17.8. The molecule has 2 rings (SSSR count). The van der Waals surface area contributed by atoms with Gasteiger partial charge in [0.2, 0.25) is 0 Å². The molecule has 1 fully saturated rings. The summed E-state index contributed by atoms with van der Waals surface area (Å²) in [5.74, 6) is 0.00146. The zero-order valence-corrected chi connectivity index (χ0v) is 12.6. The molecule has 0 aromatic carbocycles. The van der Waals surface area contributed by atoms with Crippen LogP contribution in [-0.4, -0.2) is 28.9 Å². The van der Waals surface area contributed by atoms with Crippen molar-refractivity contribution in [2.45, 2.75) is 39.3 Å². The van der Waals surface area contributed by atoms with E-state index in [-0.39, 0.29) is 24.4 Å². The summed E-state index contributed by atoms with van der Waals surface area (Å²) >= 11 is 1.45. The molecule has 1 unspecified atom stereocenters. The first kappa shape index (κ1) is 15.4. The standard InChI is InChI=1S/C12H19N3OS.ClH/c1-8(12(2)4-5-12)15(3)11(16)9-7-17-10(6-13)14-9;/h7-8H,4-6,13H2,1-3H3;1H. The van der Waals surface area contributed by atoms with Crippen LogP contribution in [0.1, 0.15) is 42.2 Å². The SMILES string of the molecule is CC(N(C)C(=O)c1csc(CN)n1)C1(C)CC1.Cl. The molecule has 6 heteroatoms. The van der Waals surface area contributed by atoms with E-state index in [4.69, 9.17) is 5.73 Å². The maximum absolute atomic E-state index is 12.2. The molecule has 102 valence electrons. The van der Waals surface area contributed by atoms with Crippen LogP contribution in [0.25, 0.3) is 0 Å². The number of hydrogen-bond acceptors (Lipinski definition) is 4. The molecule has 18 heavy (non-hydrogen) atoms. The van der Waals surface area contributed by atoms with Crippen LogP contribution in [0.2, 0.25) is 0 Å². The third-order valence-corrected chi connectivity index (χ3v) is 4.77. The monoisotopic (exact) mass is 289 g/mol. The lowest BCUT2D eigenvalue weighted by Crippen LogP contribution is -2.40. The number of nitrogens with zero attached hydrogens (tertiary/aromatic N) is 2. The van der Waals surface area contributed by atoms with Crippen molar-refractivity contribution in [3.63, 3.8) is 0 Å². The van der Waals surface area contributed by atoms with E-state index in [0.29, 0.717) is 17.7 Å². The molecule has 2 N–H and O–H groups in total. The van der Waals surface area contributed by atoms with Crippen molar-refractivity contribution in [2.75, 3.05) is 7.05 Å². The van der Waals surface area contributed by atoms with Gasteiger partial charge < -0.3 is 10.6 Å². The summed E-state index contributed by atoms with van der Waals surface area (Å²) in [7, 11) is 1.86. The first-order chi connectivity index (χ1) is 7.98. The van der Waals surface area contributed by atoms with Crippen LogP contribution in [0, 0.1) is 5.41 Å². The van der Waals surface area contributed by atoms with Gasteiger partial charge in [-0.05, 0) is 25.2 Å². The first-order valence-corrected chi connectivity index (χ1v) is 6.77. The van der Waals surface area contributed by atoms with Gasteiger partial charge in [-0.1, -0.05) is 6.92 Å². The predicted molar refractivity (Wildman–Crippen MR) is 76.1 cm³/mol. The van der Waals surface area contributed by atoms with Crippen LogP contribution in [0.4, 0.5) is 0 Å². The van der Waals surface area contributed by atoms with Crippen LogP contribution in [0.15, 0.2) is 5.38 Å². The number of carbonyl (C=O) groups excluding carboxylic acids is 1. The highest BCUT2D eigenvalue weighted by atomic mass is 35.5. The summed E-state index contributed by atoms with van der Waals surface area (Å²) in [6, 6.07) is 0.262. The van der Waals surface area contributed by atoms with E-state index in [0.717, 1.165) is 5.01 Å². The number of amides is 1. The number of nitrogens with two attached hydrogens (primary N) is 1. The minimum absolute atomic E-state index is 0. The minimum atomic E-state index is 0. The summed E-state index contributed by atoms with van der Waals surface area (Å²) in [5.41, 5.74) is 6.33. The molecule has 1 aromatic rings. The van der Waals surface area contributed by atoms with Gasteiger partial charge in [-0.15, -0.1) is 23.7 Å². The van der Waals surface area contributed by atoms with Crippen molar-refractivity contribution < 1.29 is 4.79 Å². The van der Waals surface area contributed by atoms with E-state index in [1.165, 1.54) is 24.2 Å². The fraction of sp³-hybridized carbons (Fsp3) is 0.667. The molecule has 0 spiro atoms. The molecule has 0 aliphatic heterocycles. The minimum Gasteiger partial charge on any atom is -0.337 e. The average molecular weight is 290 g/mol. The summed E-state index contributed by atoms with van der Waals surface area (Å²) < 4.78 is 0. The summed E-state index contributed by atoms with van der Waals surface area (Å²) in [4.78, 5) is 18.3. The zero-order valence-electron chi connectivity index (χ0n) is 11.0. The van der Waals surface area contributed by atoms with E-state index in [1.807, 2.05) is 11.9 Å². The Labute approximate surface area is 118 Å². The third kappa shape index (κ3) is 2.84. The Morgan fingerprint density at radius 1 is 1.67 bits per heavy atom. The van der Waals surface area contributed by atoms with Crippen molar-refractivity contribution in [1.29, 1.82) is 0 Å². The number of halogens is 1. The third-order valence-electron chi connectivity index (χ3n) is 3.89. The highest BCUT2D eigenvalue weighted by Crippen LogP contribution is 2.49. The topological polar surface area (TPSA) is 59.2 Å². The largest absolute Gasteiger partial charge is 0.337 e. The molecule has 1 saturated carbocycles. The Bertz CT molecular complexity index is 431. The number of aromatic nitrogens is 1. The Balaban J connectivity index is 0.00000162. The van der Waals surface area contributed by atoms with Gasteiger partial charge in [0.1, 0.15) is 10.7 Å². The lowest BCUT2D eigenvalue weighted by molar-refractivity contribution is 0.0679. The highest BCUT2D eigenvalue weighted by molar-refractivity contribution is 7.09. The number of carbonyl (C=O) groups is 1. The van der Waals surface area contributed by atoms with Gasteiger partial charge in [0.25, 0.3) is 5.91 Å². The van der Waals surface area contributed by atoms with Gasteiger partial charge in [-0.2, -0.15) is 0 Å². The molecule has 1 aliphatic rings. The van der Waals surface area contributed by atoms with Crippen molar-refractivity contribution in [3.05, 3.63) is 16.1 Å². The second-order valence-electron chi connectivity index (χ2n) is 5.08. The fourth-order valence-corrected chi connectivity index (χ4v) is 2.59. The average Bonchev–Trinajstić information content (AvgIpc) is 2.92. The van der Waals surface area contributed by atoms with Crippen LogP contribution < -0.4 is 5.73 Å². The molecule has 1 aromatic heterocycles. The Morgan fingerprint density at radius 3 is 2.72 bits per heavy atom. The molecule has 1 atom stereocenters. The second kappa shape index (κ2) is 5.55. The van der Waals surface area contributed by atoms with E-state index < -0.39 is 0 Å². The second-order valence-corrected chi connectivity index (χ2v) is 6.02. The first-order valence-electron chi connectivity index (χ1n) is 5.89. The zero-order chi connectivity index (χ0) is 12.6. The van der Waals surface area contributed by atoms with E-state index >= 15 is 0 Å². The van der Waals surface area contributed by atoms with Crippen molar-refractivity contribution in [1.82, 2.24) is 9.88 Å². The van der Waals surface area contributed by atoms with E-state index in [1.54, 1.807) is 5.38 Å². The summed E-state index contributed by atoms with van der Waals surface area (Å²) in [5, 5.41) is 2.61. The molecule has 4 nitrogen and oxygen atoms in total. The Morgan fingerprint density at radius 2 is 2.28 bits per heavy atom. The maximum atomic E-state index is 12.2. The van der Waals surface area contributed by atoms with Gasteiger partial charge >= 0.3 is 0 Å². The number of hydrogen-bond donors (Lipinski definition) is 1. The van der Waals surface area contributed by atoms with Crippen LogP contribution in [-0.2, 0) is 6.54 Å². The van der Waals surface area contributed by atoms with Gasteiger partial charge in [0.15, 0.2) is 0 Å². The Kier molecular flexibility index (Phi) is 4.75. The van der Waals surface area contributed by atoms with Crippen LogP contribution in [0.3, 0.4) is 0 Å². The van der Waals surface area contributed by atoms with Crippen LogP contribution in [0.5, 0.6) is 0 Å². The smallest absolute Gasteiger partial charge is 0.273 e. The van der Waals surface area contributed by atoms with Crippen molar-refractivity contribution >= 4 is 29.7 Å². The van der Waals surface area contributed by atoms with E-state index in [9.17, 15) is 4.79 Å². The molecule has 1 heterocycles. The van der Waals surface area contributed by atoms with Crippen LogP contribution >= 0.6 is 23.7 Å². The molecular formula is C12H20ClN3OS. The quantitative estimate of drug-likeness (QED) is 0.925. The van der Waals surface area contributed by atoms with Gasteiger partial charge in [-0.3, -0.25) is 4.79 Å². The molecule has 0 bridgehead atoms. The Hall–Kier alpha value is -0.650. The summed E-state index contributed by atoms with van der Waals surface area (Å²) in [6.45, 7) is 4.74. The molecule has 1 amide bonds. The van der Waals surface area contributed by atoms with E-state index in [2.05, 4.69) is 18.8 Å². The predicted octanol–water partition coefficient (Wildman–Crippen LogP) is 2.28. The number of thiazole rings is 1.